The second kappa shape index (κ2) is 5.04. The van der Waals surface area contributed by atoms with Crippen LogP contribution in [-0.4, -0.2) is 36.2 Å². The highest BCUT2D eigenvalue weighted by atomic mass is 35.5. The van der Waals surface area contributed by atoms with Crippen LogP contribution in [0.5, 0.6) is 5.75 Å². The molecule has 1 fully saturated rings. The van der Waals surface area contributed by atoms with Crippen molar-refractivity contribution in [3.8, 4) is 5.75 Å². The maximum Gasteiger partial charge on any atom is 0.138 e. The number of rotatable bonds is 2. The van der Waals surface area contributed by atoms with Crippen molar-refractivity contribution in [1.82, 2.24) is 10.2 Å². The standard InChI is InChI=1S/C12H17ClN2O/c1-9-6-10(12(16)11(13)7-9)8-15-4-2-14-3-5-15/h6-7,14,16H,2-5,8H2,1H3. The molecule has 0 saturated carbocycles. The minimum atomic E-state index is 0.228. The first-order valence-corrected chi connectivity index (χ1v) is 5.95. The number of aromatic hydroxyl groups is 1. The third-order valence-corrected chi connectivity index (χ3v) is 3.18. The van der Waals surface area contributed by atoms with Crippen molar-refractivity contribution in [3.63, 3.8) is 0 Å². The first-order chi connectivity index (χ1) is 7.66. The highest BCUT2D eigenvalue weighted by Crippen LogP contribution is 2.29. The third kappa shape index (κ3) is 2.67. The summed E-state index contributed by atoms with van der Waals surface area (Å²) in [6.45, 7) is 6.83. The third-order valence-electron chi connectivity index (χ3n) is 2.89. The van der Waals surface area contributed by atoms with Gasteiger partial charge in [0, 0.05) is 38.3 Å². The predicted octanol–water partition coefficient (Wildman–Crippen LogP) is 1.76. The maximum absolute atomic E-state index is 9.88. The van der Waals surface area contributed by atoms with Crippen molar-refractivity contribution in [3.05, 3.63) is 28.3 Å². The summed E-state index contributed by atoms with van der Waals surface area (Å²) in [6, 6.07) is 3.79. The molecule has 1 saturated heterocycles. The molecule has 1 heterocycles. The van der Waals surface area contributed by atoms with E-state index in [-0.39, 0.29) is 5.75 Å². The molecule has 16 heavy (non-hydrogen) atoms. The summed E-state index contributed by atoms with van der Waals surface area (Å²) in [6.07, 6.45) is 0. The van der Waals surface area contributed by atoms with E-state index in [0.717, 1.165) is 43.9 Å². The smallest absolute Gasteiger partial charge is 0.138 e. The Morgan fingerprint density at radius 3 is 2.75 bits per heavy atom. The summed E-state index contributed by atoms with van der Waals surface area (Å²) in [5.74, 6) is 0.228. The van der Waals surface area contributed by atoms with Crippen LogP contribution in [0.25, 0.3) is 0 Å². The van der Waals surface area contributed by atoms with Gasteiger partial charge >= 0.3 is 0 Å². The second-order valence-electron chi connectivity index (χ2n) is 4.28. The number of halogens is 1. The zero-order valence-electron chi connectivity index (χ0n) is 9.46. The number of phenolic OH excluding ortho intramolecular Hbond substituents is 1. The average molecular weight is 241 g/mol. The summed E-state index contributed by atoms with van der Waals surface area (Å²) in [7, 11) is 0. The zero-order chi connectivity index (χ0) is 11.5. The summed E-state index contributed by atoms with van der Waals surface area (Å²) < 4.78 is 0. The number of piperazine rings is 1. The molecule has 1 aromatic carbocycles. The van der Waals surface area contributed by atoms with Crippen LogP contribution in [0.1, 0.15) is 11.1 Å². The van der Waals surface area contributed by atoms with E-state index < -0.39 is 0 Å². The molecule has 0 spiro atoms. The van der Waals surface area contributed by atoms with E-state index in [1.165, 1.54) is 0 Å². The topological polar surface area (TPSA) is 35.5 Å². The summed E-state index contributed by atoms with van der Waals surface area (Å²) in [5, 5.41) is 13.6. The van der Waals surface area contributed by atoms with Gasteiger partial charge in [0.1, 0.15) is 5.75 Å². The van der Waals surface area contributed by atoms with Crippen LogP contribution in [0.4, 0.5) is 0 Å². The second-order valence-corrected chi connectivity index (χ2v) is 4.69. The monoisotopic (exact) mass is 240 g/mol. The molecular weight excluding hydrogens is 224 g/mol. The molecule has 2 rings (SSSR count). The van der Waals surface area contributed by atoms with Gasteiger partial charge in [0.15, 0.2) is 0 Å². The lowest BCUT2D eigenvalue weighted by molar-refractivity contribution is 0.230. The van der Waals surface area contributed by atoms with Crippen LogP contribution in [0.3, 0.4) is 0 Å². The normalized spacial score (nSPS) is 17.6. The Balaban J connectivity index is 2.13. The largest absolute Gasteiger partial charge is 0.506 e. The molecule has 2 N–H and O–H groups in total. The Morgan fingerprint density at radius 2 is 2.06 bits per heavy atom. The van der Waals surface area contributed by atoms with Gasteiger partial charge in [-0.2, -0.15) is 0 Å². The van der Waals surface area contributed by atoms with Gasteiger partial charge in [-0.1, -0.05) is 17.7 Å². The Hall–Kier alpha value is -0.770. The van der Waals surface area contributed by atoms with E-state index >= 15 is 0 Å². The molecule has 0 atom stereocenters. The molecule has 1 aliphatic heterocycles. The average Bonchev–Trinajstić information content (AvgIpc) is 2.27. The summed E-state index contributed by atoms with van der Waals surface area (Å²) in [4.78, 5) is 2.32. The van der Waals surface area contributed by atoms with E-state index in [0.29, 0.717) is 5.02 Å². The molecule has 1 aromatic rings. The molecular formula is C12H17ClN2O. The number of benzene rings is 1. The number of hydrogen-bond acceptors (Lipinski definition) is 3. The zero-order valence-corrected chi connectivity index (χ0v) is 10.2. The minimum Gasteiger partial charge on any atom is -0.506 e. The van der Waals surface area contributed by atoms with Gasteiger partial charge in [0.05, 0.1) is 5.02 Å². The molecule has 0 aromatic heterocycles. The number of phenols is 1. The molecule has 0 radical (unpaired) electrons. The molecule has 0 unspecified atom stereocenters. The fraction of sp³-hybridized carbons (Fsp3) is 0.500. The number of aryl methyl sites for hydroxylation is 1. The number of nitrogens with zero attached hydrogens (tertiary/aromatic N) is 1. The summed E-state index contributed by atoms with van der Waals surface area (Å²) in [5.41, 5.74) is 2.01. The summed E-state index contributed by atoms with van der Waals surface area (Å²) >= 11 is 5.96. The molecule has 0 aliphatic carbocycles. The Morgan fingerprint density at radius 1 is 1.38 bits per heavy atom. The fourth-order valence-electron chi connectivity index (χ4n) is 2.04. The van der Waals surface area contributed by atoms with Crippen molar-refractivity contribution >= 4 is 11.6 Å². The first kappa shape index (κ1) is 11.7. The van der Waals surface area contributed by atoms with Crippen LogP contribution in [0.2, 0.25) is 5.02 Å². The molecule has 3 nitrogen and oxygen atoms in total. The van der Waals surface area contributed by atoms with Crippen LogP contribution in [0, 0.1) is 6.92 Å². The lowest BCUT2D eigenvalue weighted by Crippen LogP contribution is -2.42. The van der Waals surface area contributed by atoms with E-state index in [1.807, 2.05) is 13.0 Å². The van der Waals surface area contributed by atoms with E-state index in [4.69, 9.17) is 11.6 Å². The van der Waals surface area contributed by atoms with E-state index in [2.05, 4.69) is 10.2 Å². The molecule has 88 valence electrons. The van der Waals surface area contributed by atoms with Gasteiger partial charge < -0.3 is 10.4 Å². The molecule has 0 bridgehead atoms. The first-order valence-electron chi connectivity index (χ1n) is 5.58. The number of hydrogen-bond donors (Lipinski definition) is 2. The van der Waals surface area contributed by atoms with Crippen LogP contribution in [0.15, 0.2) is 12.1 Å². The van der Waals surface area contributed by atoms with Crippen molar-refractivity contribution in [2.24, 2.45) is 0 Å². The SMILES string of the molecule is Cc1cc(Cl)c(O)c(CN2CCNCC2)c1. The van der Waals surface area contributed by atoms with Crippen LogP contribution in [-0.2, 0) is 6.54 Å². The highest BCUT2D eigenvalue weighted by molar-refractivity contribution is 6.32. The van der Waals surface area contributed by atoms with Gasteiger partial charge in [-0.25, -0.2) is 0 Å². The molecule has 1 aliphatic rings. The van der Waals surface area contributed by atoms with Gasteiger partial charge in [0.2, 0.25) is 0 Å². The van der Waals surface area contributed by atoms with Crippen molar-refractivity contribution < 1.29 is 5.11 Å². The van der Waals surface area contributed by atoms with Gasteiger partial charge in [-0.15, -0.1) is 0 Å². The Kier molecular flexibility index (Phi) is 3.69. The van der Waals surface area contributed by atoms with E-state index in [9.17, 15) is 5.11 Å². The lowest BCUT2D eigenvalue weighted by Gasteiger charge is -2.27. The maximum atomic E-state index is 9.88. The fourth-order valence-corrected chi connectivity index (χ4v) is 2.33. The Bertz CT molecular complexity index is 376. The Labute approximate surface area is 101 Å². The van der Waals surface area contributed by atoms with Crippen molar-refractivity contribution in [2.45, 2.75) is 13.5 Å². The van der Waals surface area contributed by atoms with Gasteiger partial charge in [0.25, 0.3) is 0 Å². The van der Waals surface area contributed by atoms with Gasteiger partial charge in [-0.05, 0) is 18.6 Å². The highest BCUT2D eigenvalue weighted by Gasteiger charge is 2.13. The molecule has 0 amide bonds. The van der Waals surface area contributed by atoms with Crippen LogP contribution < -0.4 is 5.32 Å². The number of nitrogens with one attached hydrogen (secondary N) is 1. The van der Waals surface area contributed by atoms with Crippen molar-refractivity contribution in [2.75, 3.05) is 26.2 Å². The van der Waals surface area contributed by atoms with Gasteiger partial charge in [-0.3, -0.25) is 4.90 Å². The lowest BCUT2D eigenvalue weighted by atomic mass is 10.1. The van der Waals surface area contributed by atoms with Crippen molar-refractivity contribution in [1.29, 1.82) is 0 Å². The van der Waals surface area contributed by atoms with E-state index in [1.54, 1.807) is 6.07 Å². The predicted molar refractivity (Wildman–Crippen MR) is 66.0 cm³/mol. The minimum absolute atomic E-state index is 0.228. The van der Waals surface area contributed by atoms with Crippen LogP contribution >= 0.6 is 11.6 Å². The quantitative estimate of drug-likeness (QED) is 0.827. The molecule has 4 heteroatoms.